The fourth-order valence-electron chi connectivity index (χ4n) is 3.11. The largest absolute Gasteiger partial charge is 0.493 e. The molecule has 3 aromatic rings. The molecule has 0 aliphatic heterocycles. The number of nitro groups is 1. The van der Waals surface area contributed by atoms with E-state index in [4.69, 9.17) is 9.47 Å². The molecule has 0 heterocycles. The van der Waals surface area contributed by atoms with Gasteiger partial charge in [0.25, 0.3) is 15.7 Å². The van der Waals surface area contributed by atoms with Crippen LogP contribution in [0.3, 0.4) is 0 Å². The van der Waals surface area contributed by atoms with Gasteiger partial charge in [0.15, 0.2) is 11.5 Å². The molecule has 0 aliphatic rings. The summed E-state index contributed by atoms with van der Waals surface area (Å²) in [6, 6.07) is 17.1. The molecule has 0 spiro atoms. The third kappa shape index (κ3) is 4.77. The molecule has 8 nitrogen and oxygen atoms in total. The summed E-state index contributed by atoms with van der Waals surface area (Å²) in [5, 5.41) is 10.9. The maximum absolute atomic E-state index is 13.5. The van der Waals surface area contributed by atoms with Gasteiger partial charge >= 0.3 is 0 Å². The summed E-state index contributed by atoms with van der Waals surface area (Å²) >= 11 is 0. The van der Waals surface area contributed by atoms with Crippen LogP contribution in [0.5, 0.6) is 11.5 Å². The summed E-state index contributed by atoms with van der Waals surface area (Å²) in [4.78, 5) is 10.3. The van der Waals surface area contributed by atoms with Gasteiger partial charge in [0.05, 0.1) is 36.3 Å². The number of benzene rings is 3. The molecule has 0 unspecified atom stereocenters. The highest BCUT2D eigenvalue weighted by Crippen LogP contribution is 2.31. The van der Waals surface area contributed by atoms with Crippen LogP contribution in [0, 0.1) is 17.0 Å². The SMILES string of the molecule is COc1ccc(CN(c2cccc(C)c2)S(=O)(=O)c2ccc([N+](=O)[O-])cc2)cc1OC. The molecule has 0 radical (unpaired) electrons. The Morgan fingerprint density at radius 3 is 2.19 bits per heavy atom. The molecule has 0 aromatic heterocycles. The Balaban J connectivity index is 2.07. The van der Waals surface area contributed by atoms with E-state index in [1.807, 2.05) is 13.0 Å². The predicted molar refractivity (Wildman–Crippen MR) is 117 cm³/mol. The Kier molecular flexibility index (Phi) is 6.45. The topological polar surface area (TPSA) is 99.0 Å². The van der Waals surface area contributed by atoms with Gasteiger partial charge in [-0.15, -0.1) is 0 Å². The number of rotatable bonds is 8. The highest BCUT2D eigenvalue weighted by Gasteiger charge is 2.26. The van der Waals surface area contributed by atoms with Gasteiger partial charge in [0, 0.05) is 12.1 Å². The van der Waals surface area contributed by atoms with Crippen molar-refractivity contribution < 1.29 is 22.8 Å². The zero-order chi connectivity index (χ0) is 22.6. The number of nitrogens with zero attached hydrogens (tertiary/aromatic N) is 2. The average Bonchev–Trinajstić information content (AvgIpc) is 2.77. The molecule has 0 saturated carbocycles. The Morgan fingerprint density at radius 1 is 0.935 bits per heavy atom. The van der Waals surface area contributed by atoms with Gasteiger partial charge < -0.3 is 9.47 Å². The van der Waals surface area contributed by atoms with Crippen LogP contribution in [0.25, 0.3) is 0 Å². The van der Waals surface area contributed by atoms with Crippen LogP contribution in [0.4, 0.5) is 11.4 Å². The van der Waals surface area contributed by atoms with E-state index in [0.29, 0.717) is 22.7 Å². The lowest BCUT2D eigenvalue weighted by molar-refractivity contribution is -0.384. The van der Waals surface area contributed by atoms with Crippen molar-refractivity contribution in [1.29, 1.82) is 0 Å². The monoisotopic (exact) mass is 442 g/mol. The highest BCUT2D eigenvalue weighted by molar-refractivity contribution is 7.92. The molecule has 0 fully saturated rings. The van der Waals surface area contributed by atoms with E-state index in [1.165, 1.54) is 42.8 Å². The zero-order valence-corrected chi connectivity index (χ0v) is 18.1. The maximum Gasteiger partial charge on any atom is 0.269 e. The number of hydrogen-bond acceptors (Lipinski definition) is 6. The number of sulfonamides is 1. The first-order valence-electron chi connectivity index (χ1n) is 9.31. The normalized spacial score (nSPS) is 11.1. The first-order valence-corrected chi connectivity index (χ1v) is 10.7. The van der Waals surface area contributed by atoms with Crippen LogP contribution in [0.1, 0.15) is 11.1 Å². The number of methoxy groups -OCH3 is 2. The van der Waals surface area contributed by atoms with Gasteiger partial charge in [-0.1, -0.05) is 18.2 Å². The molecule has 162 valence electrons. The van der Waals surface area contributed by atoms with Gasteiger partial charge in [0.1, 0.15) is 0 Å². The number of ether oxygens (including phenoxy) is 2. The third-order valence-corrected chi connectivity index (χ3v) is 6.49. The Morgan fingerprint density at radius 2 is 1.61 bits per heavy atom. The van der Waals surface area contributed by atoms with Crippen molar-refractivity contribution in [1.82, 2.24) is 0 Å². The van der Waals surface area contributed by atoms with Crippen LogP contribution in [0.2, 0.25) is 0 Å². The molecule has 3 aromatic carbocycles. The molecule has 0 amide bonds. The van der Waals surface area contributed by atoms with Crippen LogP contribution in [-0.4, -0.2) is 27.6 Å². The average molecular weight is 442 g/mol. The Labute approximate surface area is 180 Å². The van der Waals surface area contributed by atoms with Gasteiger partial charge in [0.2, 0.25) is 0 Å². The minimum absolute atomic E-state index is 0.0309. The molecule has 31 heavy (non-hydrogen) atoms. The number of non-ortho nitro benzene ring substituents is 1. The quantitative estimate of drug-likeness (QED) is 0.381. The molecular formula is C22H22N2O6S. The highest BCUT2D eigenvalue weighted by atomic mass is 32.2. The summed E-state index contributed by atoms with van der Waals surface area (Å²) < 4.78 is 38.9. The van der Waals surface area contributed by atoms with Crippen molar-refractivity contribution in [2.45, 2.75) is 18.4 Å². The smallest absolute Gasteiger partial charge is 0.269 e. The molecule has 0 saturated heterocycles. The van der Waals surface area contributed by atoms with Crippen molar-refractivity contribution >= 4 is 21.4 Å². The van der Waals surface area contributed by atoms with E-state index in [9.17, 15) is 18.5 Å². The van der Waals surface area contributed by atoms with Crippen molar-refractivity contribution in [2.24, 2.45) is 0 Å². The number of aryl methyl sites for hydroxylation is 1. The van der Waals surface area contributed by atoms with Crippen LogP contribution in [-0.2, 0) is 16.6 Å². The molecular weight excluding hydrogens is 420 g/mol. The van der Waals surface area contributed by atoms with Gasteiger partial charge in [-0.25, -0.2) is 8.42 Å². The fraction of sp³-hybridized carbons (Fsp3) is 0.182. The Hall–Kier alpha value is -3.59. The van der Waals surface area contributed by atoms with E-state index < -0.39 is 14.9 Å². The van der Waals surface area contributed by atoms with E-state index in [0.717, 1.165) is 5.56 Å². The second-order valence-electron chi connectivity index (χ2n) is 6.79. The first kappa shape index (κ1) is 22.1. The second-order valence-corrected chi connectivity index (χ2v) is 8.65. The minimum atomic E-state index is -4.01. The Bertz CT molecular complexity index is 1190. The zero-order valence-electron chi connectivity index (χ0n) is 17.3. The van der Waals surface area contributed by atoms with E-state index in [-0.39, 0.29) is 17.1 Å². The van der Waals surface area contributed by atoms with Crippen molar-refractivity contribution in [3.8, 4) is 11.5 Å². The van der Waals surface area contributed by atoms with Crippen LogP contribution in [0.15, 0.2) is 71.6 Å². The van der Waals surface area contributed by atoms with Crippen molar-refractivity contribution in [3.63, 3.8) is 0 Å². The van der Waals surface area contributed by atoms with Gasteiger partial charge in [-0.2, -0.15) is 0 Å². The van der Waals surface area contributed by atoms with E-state index >= 15 is 0 Å². The summed E-state index contributed by atoms with van der Waals surface area (Å²) in [5.74, 6) is 1.02. The van der Waals surface area contributed by atoms with Gasteiger partial charge in [-0.05, 0) is 54.4 Å². The van der Waals surface area contributed by atoms with E-state index in [2.05, 4.69) is 0 Å². The summed E-state index contributed by atoms with van der Waals surface area (Å²) in [5.41, 5.74) is 1.88. The van der Waals surface area contributed by atoms with Crippen LogP contribution >= 0.6 is 0 Å². The van der Waals surface area contributed by atoms with Crippen LogP contribution < -0.4 is 13.8 Å². The maximum atomic E-state index is 13.5. The van der Waals surface area contributed by atoms with E-state index in [1.54, 1.807) is 36.4 Å². The molecule has 0 N–H and O–H groups in total. The molecule has 0 bridgehead atoms. The summed E-state index contributed by atoms with van der Waals surface area (Å²) in [6.07, 6.45) is 0. The minimum Gasteiger partial charge on any atom is -0.493 e. The number of anilines is 1. The molecule has 0 aliphatic carbocycles. The van der Waals surface area contributed by atoms with Crippen molar-refractivity contribution in [3.05, 3.63) is 88.0 Å². The van der Waals surface area contributed by atoms with Crippen molar-refractivity contribution in [2.75, 3.05) is 18.5 Å². The number of hydrogen-bond donors (Lipinski definition) is 0. The summed E-state index contributed by atoms with van der Waals surface area (Å²) in [6.45, 7) is 1.90. The predicted octanol–water partition coefficient (Wildman–Crippen LogP) is 4.32. The summed E-state index contributed by atoms with van der Waals surface area (Å²) in [7, 11) is -0.977. The second kappa shape index (κ2) is 9.05. The lowest BCUT2D eigenvalue weighted by Crippen LogP contribution is -2.30. The lowest BCUT2D eigenvalue weighted by Gasteiger charge is -2.25. The third-order valence-electron chi connectivity index (χ3n) is 4.70. The van der Waals surface area contributed by atoms with Gasteiger partial charge in [-0.3, -0.25) is 14.4 Å². The fourth-order valence-corrected chi connectivity index (χ4v) is 4.55. The standard InChI is InChI=1S/C22H22N2O6S/c1-16-5-4-6-19(13-16)23(15-17-7-12-21(29-2)22(14-17)30-3)31(27,28)20-10-8-18(9-11-20)24(25)26/h4-14H,15H2,1-3H3. The number of nitro benzene ring substituents is 1. The molecule has 9 heteroatoms. The first-order chi connectivity index (χ1) is 14.8. The molecule has 0 atom stereocenters. The molecule has 3 rings (SSSR count). The lowest BCUT2D eigenvalue weighted by atomic mass is 10.2.